The number of benzene rings is 1. The van der Waals surface area contributed by atoms with Gasteiger partial charge in [0.15, 0.2) is 0 Å². The van der Waals surface area contributed by atoms with Crippen LogP contribution in [0, 0.1) is 0 Å². The molecule has 5 nitrogen and oxygen atoms in total. The summed E-state index contributed by atoms with van der Waals surface area (Å²) in [6, 6.07) is 10.6. The van der Waals surface area contributed by atoms with Gasteiger partial charge in [0.2, 0.25) is 0 Å². The normalized spacial score (nSPS) is 10.5. The molecule has 21 heavy (non-hydrogen) atoms. The average molecular weight is 303 g/mol. The maximum atomic E-state index is 11.6. The van der Waals surface area contributed by atoms with Gasteiger partial charge < -0.3 is 15.2 Å². The Hall–Kier alpha value is -2.60. The molecule has 6 heteroatoms. The molecule has 0 fully saturated rings. The maximum Gasteiger partial charge on any atom is 0.412 e. The van der Waals surface area contributed by atoms with Crippen molar-refractivity contribution in [3.63, 3.8) is 0 Å². The van der Waals surface area contributed by atoms with E-state index in [1.807, 2.05) is 17.5 Å². The molecule has 0 unspecified atom stereocenters. The number of para-hydroxylation sites is 1. The number of aliphatic carboxylic acids is 1. The van der Waals surface area contributed by atoms with E-state index in [4.69, 9.17) is 9.84 Å². The lowest BCUT2D eigenvalue weighted by Crippen LogP contribution is -2.25. The first-order valence-electron chi connectivity index (χ1n) is 6.12. The summed E-state index contributed by atoms with van der Waals surface area (Å²) in [6.45, 7) is 0.331. The van der Waals surface area contributed by atoms with Crippen LogP contribution in [0.1, 0.15) is 10.4 Å². The average Bonchev–Trinajstić information content (AvgIpc) is 2.92. The number of amides is 1. The molecule has 0 atom stereocenters. The van der Waals surface area contributed by atoms with Crippen LogP contribution in [0.4, 0.5) is 4.79 Å². The van der Waals surface area contributed by atoms with Crippen LogP contribution in [-0.4, -0.2) is 17.2 Å². The van der Waals surface area contributed by atoms with Gasteiger partial charge in [-0.1, -0.05) is 18.2 Å². The van der Waals surface area contributed by atoms with Gasteiger partial charge in [0.1, 0.15) is 5.75 Å². The third-order valence-corrected chi connectivity index (χ3v) is 3.41. The van der Waals surface area contributed by atoms with E-state index in [1.54, 1.807) is 24.3 Å². The van der Waals surface area contributed by atoms with Crippen LogP contribution in [0.2, 0.25) is 0 Å². The SMILES string of the molecule is O=C(O)C=Cc1csc(CNC(=O)Oc2ccccc2)c1. The number of carbonyl (C=O) groups is 2. The predicted molar refractivity (Wildman–Crippen MR) is 80.3 cm³/mol. The Balaban J connectivity index is 1.83. The third-order valence-electron chi connectivity index (χ3n) is 2.45. The van der Waals surface area contributed by atoms with Gasteiger partial charge in [-0.3, -0.25) is 0 Å². The summed E-state index contributed by atoms with van der Waals surface area (Å²) in [5.41, 5.74) is 0.788. The molecule has 1 aromatic carbocycles. The second kappa shape index (κ2) is 7.25. The number of carboxylic acid groups (broad SMARTS) is 1. The van der Waals surface area contributed by atoms with Gasteiger partial charge >= 0.3 is 12.1 Å². The number of thiophene rings is 1. The van der Waals surface area contributed by atoms with E-state index in [2.05, 4.69) is 5.32 Å². The van der Waals surface area contributed by atoms with Gasteiger partial charge in [-0.05, 0) is 35.2 Å². The lowest BCUT2D eigenvalue weighted by atomic mass is 10.3. The predicted octanol–water partition coefficient (Wildman–Crippen LogP) is 3.13. The van der Waals surface area contributed by atoms with Crippen LogP contribution in [-0.2, 0) is 11.3 Å². The summed E-state index contributed by atoms with van der Waals surface area (Å²) in [7, 11) is 0. The highest BCUT2D eigenvalue weighted by atomic mass is 32.1. The van der Waals surface area contributed by atoms with Gasteiger partial charge in [0.05, 0.1) is 6.54 Å². The van der Waals surface area contributed by atoms with Crippen molar-refractivity contribution in [3.8, 4) is 5.75 Å². The quantitative estimate of drug-likeness (QED) is 0.832. The van der Waals surface area contributed by atoms with Crippen molar-refractivity contribution in [2.75, 3.05) is 0 Å². The Morgan fingerprint density at radius 3 is 2.76 bits per heavy atom. The van der Waals surface area contributed by atoms with Gasteiger partial charge in [0, 0.05) is 11.0 Å². The summed E-state index contributed by atoms with van der Waals surface area (Å²) in [5.74, 6) is -0.515. The summed E-state index contributed by atoms with van der Waals surface area (Å²) in [4.78, 5) is 22.9. The number of ether oxygens (including phenoxy) is 1. The van der Waals surface area contributed by atoms with Crippen molar-refractivity contribution < 1.29 is 19.4 Å². The van der Waals surface area contributed by atoms with E-state index >= 15 is 0 Å². The first kappa shape index (κ1) is 14.8. The minimum absolute atomic E-state index is 0.331. The lowest BCUT2D eigenvalue weighted by Gasteiger charge is -2.04. The first-order valence-corrected chi connectivity index (χ1v) is 7.00. The van der Waals surface area contributed by atoms with Crippen molar-refractivity contribution in [2.45, 2.75) is 6.54 Å². The molecule has 0 aliphatic carbocycles. The number of carboxylic acids is 1. The van der Waals surface area contributed by atoms with Gasteiger partial charge in [-0.2, -0.15) is 0 Å². The summed E-state index contributed by atoms with van der Waals surface area (Å²) >= 11 is 1.44. The summed E-state index contributed by atoms with van der Waals surface area (Å²) in [5, 5.41) is 13.0. The summed E-state index contributed by atoms with van der Waals surface area (Å²) < 4.78 is 5.08. The zero-order valence-corrected chi connectivity index (χ0v) is 11.8. The summed E-state index contributed by atoms with van der Waals surface area (Å²) in [6.07, 6.45) is 2.05. The molecular weight excluding hydrogens is 290 g/mol. The minimum atomic E-state index is -0.993. The Labute approximate surface area is 125 Å². The van der Waals surface area contributed by atoms with Crippen LogP contribution in [0.15, 0.2) is 47.9 Å². The Morgan fingerprint density at radius 1 is 1.29 bits per heavy atom. The van der Waals surface area contributed by atoms with Crippen molar-refractivity contribution in [3.05, 3.63) is 58.3 Å². The molecule has 0 aliphatic heterocycles. The fourth-order valence-corrected chi connectivity index (χ4v) is 2.33. The first-order chi connectivity index (χ1) is 10.1. The van der Waals surface area contributed by atoms with E-state index in [0.717, 1.165) is 16.5 Å². The molecule has 1 amide bonds. The Morgan fingerprint density at radius 2 is 2.05 bits per heavy atom. The molecule has 1 aromatic heterocycles. The largest absolute Gasteiger partial charge is 0.478 e. The zero-order valence-electron chi connectivity index (χ0n) is 11.0. The van der Waals surface area contributed by atoms with Gasteiger partial charge in [0.25, 0.3) is 0 Å². The Bertz CT molecular complexity index is 649. The fraction of sp³-hybridized carbons (Fsp3) is 0.0667. The molecule has 0 bridgehead atoms. The molecule has 0 spiro atoms. The van der Waals surface area contributed by atoms with E-state index in [0.29, 0.717) is 12.3 Å². The smallest absolute Gasteiger partial charge is 0.412 e. The highest BCUT2D eigenvalue weighted by Gasteiger charge is 2.05. The minimum Gasteiger partial charge on any atom is -0.478 e. The number of carbonyl (C=O) groups excluding carboxylic acids is 1. The lowest BCUT2D eigenvalue weighted by molar-refractivity contribution is -0.131. The molecular formula is C15H13NO4S. The van der Waals surface area contributed by atoms with Crippen molar-refractivity contribution in [2.24, 2.45) is 0 Å². The van der Waals surface area contributed by atoms with Gasteiger partial charge in [-0.15, -0.1) is 11.3 Å². The zero-order chi connectivity index (χ0) is 15.1. The van der Waals surface area contributed by atoms with Crippen molar-refractivity contribution in [1.29, 1.82) is 0 Å². The second-order valence-electron chi connectivity index (χ2n) is 4.07. The number of hydrogen-bond donors (Lipinski definition) is 2. The molecule has 108 valence electrons. The van der Waals surface area contributed by atoms with Crippen LogP contribution in [0.3, 0.4) is 0 Å². The molecule has 0 saturated heterocycles. The molecule has 2 N–H and O–H groups in total. The highest BCUT2D eigenvalue weighted by Crippen LogP contribution is 2.16. The number of nitrogens with one attached hydrogen (secondary N) is 1. The van der Waals surface area contributed by atoms with Crippen LogP contribution >= 0.6 is 11.3 Å². The monoisotopic (exact) mass is 303 g/mol. The van der Waals surface area contributed by atoms with Gasteiger partial charge in [-0.25, -0.2) is 9.59 Å². The van der Waals surface area contributed by atoms with Crippen LogP contribution in [0.25, 0.3) is 6.08 Å². The molecule has 2 aromatic rings. The van der Waals surface area contributed by atoms with Crippen LogP contribution < -0.4 is 10.1 Å². The molecule has 1 heterocycles. The van der Waals surface area contributed by atoms with E-state index < -0.39 is 12.1 Å². The van der Waals surface area contributed by atoms with E-state index in [-0.39, 0.29) is 0 Å². The molecule has 2 rings (SSSR count). The van der Waals surface area contributed by atoms with Crippen molar-refractivity contribution in [1.82, 2.24) is 5.32 Å². The Kier molecular flexibility index (Phi) is 5.11. The second-order valence-corrected chi connectivity index (χ2v) is 5.07. The molecule has 0 aliphatic rings. The fourth-order valence-electron chi connectivity index (χ4n) is 1.54. The third kappa shape index (κ3) is 5.12. The number of hydrogen-bond acceptors (Lipinski definition) is 4. The van der Waals surface area contributed by atoms with Crippen molar-refractivity contribution >= 4 is 29.5 Å². The van der Waals surface area contributed by atoms with Crippen LogP contribution in [0.5, 0.6) is 5.75 Å². The maximum absolute atomic E-state index is 11.6. The standard InChI is InChI=1S/C15H13NO4S/c17-14(18)7-6-11-8-13(21-10-11)9-16-15(19)20-12-4-2-1-3-5-12/h1-8,10H,9H2,(H,16,19)(H,17,18). The number of rotatable bonds is 5. The van der Waals surface area contributed by atoms with E-state index in [9.17, 15) is 9.59 Å². The topological polar surface area (TPSA) is 75.6 Å². The molecule has 0 radical (unpaired) electrons. The van der Waals surface area contributed by atoms with E-state index in [1.165, 1.54) is 17.4 Å². The molecule has 0 saturated carbocycles. The highest BCUT2D eigenvalue weighted by molar-refractivity contribution is 7.10.